The van der Waals surface area contributed by atoms with Crippen LogP contribution in [0.15, 0.2) is 30.3 Å². The molecule has 1 saturated heterocycles. The molecule has 0 bridgehead atoms. The number of hydrogen-bond acceptors (Lipinski definition) is 3. The number of hydrogen-bond donors (Lipinski definition) is 1. The summed E-state index contributed by atoms with van der Waals surface area (Å²) < 4.78 is 5.79. The molecule has 1 aromatic rings. The van der Waals surface area contributed by atoms with Gasteiger partial charge in [-0.1, -0.05) is 43.2 Å². The van der Waals surface area contributed by atoms with E-state index in [1.807, 2.05) is 30.0 Å². The number of aliphatic hydroxyl groups excluding tert-OH is 1. The van der Waals surface area contributed by atoms with Gasteiger partial charge in [0.15, 0.2) is 0 Å². The van der Waals surface area contributed by atoms with E-state index in [0.29, 0.717) is 19.6 Å². The SMILES string of the molecule is CC1CN(C(=O)C[C@H]2CCCC[C@@H]2O)C(c2ccccc2)CO1. The highest BCUT2D eigenvalue weighted by atomic mass is 16.5. The van der Waals surface area contributed by atoms with E-state index in [1.165, 1.54) is 0 Å². The fraction of sp³-hybridized carbons (Fsp3) is 0.632. The molecule has 0 spiro atoms. The van der Waals surface area contributed by atoms with Crippen LogP contribution in [0.1, 0.15) is 50.6 Å². The van der Waals surface area contributed by atoms with Gasteiger partial charge in [-0.05, 0) is 31.2 Å². The molecular weight excluding hydrogens is 290 g/mol. The van der Waals surface area contributed by atoms with Crippen molar-refractivity contribution < 1.29 is 14.6 Å². The van der Waals surface area contributed by atoms with Gasteiger partial charge < -0.3 is 14.7 Å². The van der Waals surface area contributed by atoms with Crippen molar-refractivity contribution in [1.82, 2.24) is 4.90 Å². The second-order valence-corrected chi connectivity index (χ2v) is 6.93. The minimum Gasteiger partial charge on any atom is -0.393 e. The number of rotatable bonds is 3. The Bertz CT molecular complexity index is 519. The van der Waals surface area contributed by atoms with Gasteiger partial charge in [0.2, 0.25) is 5.91 Å². The molecule has 2 unspecified atom stereocenters. The average molecular weight is 317 g/mol. The van der Waals surface area contributed by atoms with Crippen LogP contribution in [-0.4, -0.2) is 41.3 Å². The lowest BCUT2D eigenvalue weighted by Crippen LogP contribution is -2.47. The van der Waals surface area contributed by atoms with Crippen molar-refractivity contribution in [3.05, 3.63) is 35.9 Å². The van der Waals surface area contributed by atoms with Crippen molar-refractivity contribution in [3.63, 3.8) is 0 Å². The summed E-state index contributed by atoms with van der Waals surface area (Å²) in [4.78, 5) is 14.9. The van der Waals surface area contributed by atoms with Crippen LogP contribution in [0.2, 0.25) is 0 Å². The molecule has 4 heteroatoms. The van der Waals surface area contributed by atoms with Gasteiger partial charge in [0.25, 0.3) is 0 Å². The predicted octanol–water partition coefficient (Wildman–Crippen LogP) is 2.92. The van der Waals surface area contributed by atoms with E-state index in [1.54, 1.807) is 0 Å². The van der Waals surface area contributed by atoms with E-state index in [2.05, 4.69) is 12.1 Å². The molecule has 1 aromatic carbocycles. The smallest absolute Gasteiger partial charge is 0.223 e. The Hall–Kier alpha value is -1.39. The average Bonchev–Trinajstić information content (AvgIpc) is 2.57. The van der Waals surface area contributed by atoms with Crippen LogP contribution in [0.25, 0.3) is 0 Å². The molecule has 1 saturated carbocycles. The maximum atomic E-state index is 12.9. The Labute approximate surface area is 138 Å². The van der Waals surface area contributed by atoms with E-state index < -0.39 is 0 Å². The standard InChI is InChI=1S/C19H27NO3/c1-14-12-20(17(13-23-14)15-7-3-2-4-8-15)19(22)11-16-9-5-6-10-18(16)21/h2-4,7-8,14,16-18,21H,5-6,9-13H2,1H3/t14?,16-,17?,18+/m1/s1. The van der Waals surface area contributed by atoms with Crippen LogP contribution in [0.3, 0.4) is 0 Å². The molecule has 1 aliphatic heterocycles. The third-order valence-electron chi connectivity index (χ3n) is 5.18. The first-order valence-electron chi connectivity index (χ1n) is 8.79. The summed E-state index contributed by atoms with van der Waals surface area (Å²) in [5.41, 5.74) is 1.12. The number of carbonyl (C=O) groups excluding carboxylic acids is 1. The summed E-state index contributed by atoms with van der Waals surface area (Å²) in [6.07, 6.45) is 4.19. The zero-order valence-corrected chi connectivity index (χ0v) is 13.9. The Balaban J connectivity index is 1.72. The van der Waals surface area contributed by atoms with Crippen molar-refractivity contribution in [2.75, 3.05) is 13.2 Å². The van der Waals surface area contributed by atoms with Crippen molar-refractivity contribution in [2.45, 2.75) is 57.3 Å². The van der Waals surface area contributed by atoms with Crippen molar-refractivity contribution in [2.24, 2.45) is 5.92 Å². The van der Waals surface area contributed by atoms with Crippen LogP contribution >= 0.6 is 0 Å². The Morgan fingerprint density at radius 2 is 2.00 bits per heavy atom. The van der Waals surface area contributed by atoms with Gasteiger partial charge in [0.1, 0.15) is 0 Å². The second kappa shape index (κ2) is 7.45. The predicted molar refractivity (Wildman–Crippen MR) is 88.9 cm³/mol. The van der Waals surface area contributed by atoms with Gasteiger partial charge in [0, 0.05) is 13.0 Å². The number of carbonyl (C=O) groups is 1. The van der Waals surface area contributed by atoms with Crippen LogP contribution in [-0.2, 0) is 9.53 Å². The normalized spacial score (nSPS) is 31.8. The molecule has 1 N–H and O–H groups in total. The summed E-state index contributed by atoms with van der Waals surface area (Å²) in [7, 11) is 0. The lowest BCUT2D eigenvalue weighted by Gasteiger charge is -2.40. The zero-order chi connectivity index (χ0) is 16.2. The highest BCUT2D eigenvalue weighted by Crippen LogP contribution is 2.31. The molecule has 126 valence electrons. The number of benzene rings is 1. The topological polar surface area (TPSA) is 49.8 Å². The first kappa shape index (κ1) is 16.5. The van der Waals surface area contributed by atoms with Gasteiger partial charge in [-0.15, -0.1) is 0 Å². The van der Waals surface area contributed by atoms with E-state index in [0.717, 1.165) is 31.2 Å². The minimum absolute atomic E-state index is 0.0133. The van der Waals surface area contributed by atoms with Gasteiger partial charge in [-0.25, -0.2) is 0 Å². The van der Waals surface area contributed by atoms with E-state index >= 15 is 0 Å². The molecule has 1 aliphatic carbocycles. The maximum absolute atomic E-state index is 12.9. The Morgan fingerprint density at radius 1 is 1.26 bits per heavy atom. The summed E-state index contributed by atoms with van der Waals surface area (Å²) in [5, 5.41) is 10.2. The molecule has 2 fully saturated rings. The largest absolute Gasteiger partial charge is 0.393 e. The van der Waals surface area contributed by atoms with Gasteiger partial charge in [-0.3, -0.25) is 4.79 Å². The summed E-state index contributed by atoms with van der Waals surface area (Å²) in [6, 6.07) is 10.1. The van der Waals surface area contributed by atoms with Gasteiger partial charge in [-0.2, -0.15) is 0 Å². The number of amides is 1. The lowest BCUT2D eigenvalue weighted by molar-refractivity contribution is -0.147. The van der Waals surface area contributed by atoms with Crippen molar-refractivity contribution in [3.8, 4) is 0 Å². The molecule has 1 amide bonds. The molecular formula is C19H27NO3. The minimum atomic E-state index is -0.318. The van der Waals surface area contributed by atoms with Crippen molar-refractivity contribution in [1.29, 1.82) is 0 Å². The fourth-order valence-corrected chi connectivity index (χ4v) is 3.80. The summed E-state index contributed by atoms with van der Waals surface area (Å²) >= 11 is 0. The van der Waals surface area contributed by atoms with E-state index in [-0.39, 0.29) is 30.1 Å². The molecule has 2 aliphatic rings. The third kappa shape index (κ3) is 3.93. The maximum Gasteiger partial charge on any atom is 0.223 e. The number of nitrogens with zero attached hydrogens (tertiary/aromatic N) is 1. The van der Waals surface area contributed by atoms with Gasteiger partial charge >= 0.3 is 0 Å². The monoisotopic (exact) mass is 317 g/mol. The molecule has 4 atom stereocenters. The molecule has 23 heavy (non-hydrogen) atoms. The van der Waals surface area contributed by atoms with Crippen molar-refractivity contribution >= 4 is 5.91 Å². The number of aliphatic hydroxyl groups is 1. The zero-order valence-electron chi connectivity index (χ0n) is 13.9. The second-order valence-electron chi connectivity index (χ2n) is 6.93. The molecule has 0 aromatic heterocycles. The Kier molecular flexibility index (Phi) is 5.34. The van der Waals surface area contributed by atoms with E-state index in [4.69, 9.17) is 4.74 Å². The highest BCUT2D eigenvalue weighted by Gasteiger charge is 2.34. The first-order valence-corrected chi connectivity index (χ1v) is 8.79. The van der Waals surface area contributed by atoms with Crippen LogP contribution < -0.4 is 0 Å². The third-order valence-corrected chi connectivity index (χ3v) is 5.18. The summed E-state index contributed by atoms with van der Waals surface area (Å²) in [5.74, 6) is 0.269. The lowest BCUT2D eigenvalue weighted by atomic mass is 9.84. The first-order chi connectivity index (χ1) is 11.1. The highest BCUT2D eigenvalue weighted by molar-refractivity contribution is 5.77. The molecule has 3 rings (SSSR count). The molecule has 0 radical (unpaired) electrons. The molecule has 1 heterocycles. The van der Waals surface area contributed by atoms with E-state index in [9.17, 15) is 9.90 Å². The van der Waals surface area contributed by atoms with Gasteiger partial charge in [0.05, 0.1) is 24.9 Å². The van der Waals surface area contributed by atoms with Crippen LogP contribution in [0.5, 0.6) is 0 Å². The Morgan fingerprint density at radius 3 is 2.74 bits per heavy atom. The molecule has 4 nitrogen and oxygen atoms in total. The fourth-order valence-electron chi connectivity index (χ4n) is 3.80. The van der Waals surface area contributed by atoms with Crippen LogP contribution in [0, 0.1) is 5.92 Å². The number of ether oxygens (including phenoxy) is 1. The summed E-state index contributed by atoms with van der Waals surface area (Å²) in [6.45, 7) is 3.18. The number of morpholine rings is 1. The quantitative estimate of drug-likeness (QED) is 0.932. The van der Waals surface area contributed by atoms with Crippen LogP contribution in [0.4, 0.5) is 0 Å².